The molecule has 0 aromatic heterocycles. The lowest BCUT2D eigenvalue weighted by Gasteiger charge is -2.21. The van der Waals surface area contributed by atoms with E-state index in [0.717, 1.165) is 12.1 Å². The molecule has 1 rings (SSSR count). The third-order valence-corrected chi connectivity index (χ3v) is 2.71. The average molecular weight is 399 g/mol. The van der Waals surface area contributed by atoms with Crippen LogP contribution >= 0.6 is 0 Å². The summed E-state index contributed by atoms with van der Waals surface area (Å²) in [6, 6.07) is 2.31. The van der Waals surface area contributed by atoms with E-state index in [2.05, 4.69) is 5.32 Å². The molecule has 3 N–H and O–H groups in total. The van der Waals surface area contributed by atoms with Crippen molar-refractivity contribution in [3.63, 3.8) is 0 Å². The van der Waals surface area contributed by atoms with Crippen molar-refractivity contribution in [2.75, 3.05) is 10.6 Å². The van der Waals surface area contributed by atoms with Crippen LogP contribution in [0.4, 0.5) is 37.7 Å². The third kappa shape index (κ3) is 7.15. The number of rotatable bonds is 3. The van der Waals surface area contributed by atoms with E-state index in [0.29, 0.717) is 6.07 Å². The van der Waals surface area contributed by atoms with Crippen LogP contribution in [0.15, 0.2) is 18.2 Å². The second-order valence-electron chi connectivity index (χ2n) is 6.41. The smallest absolute Gasteiger partial charge is 0.347 e. The number of carbonyl (C=O) groups excluding carboxylic acids is 3. The van der Waals surface area contributed by atoms with Crippen molar-refractivity contribution in [2.24, 2.45) is 0 Å². The number of nitrogens with one attached hydrogen (secondary N) is 3. The average Bonchev–Trinajstić information content (AvgIpc) is 2.43. The van der Waals surface area contributed by atoms with Gasteiger partial charge in [0.25, 0.3) is 5.91 Å². The van der Waals surface area contributed by atoms with Gasteiger partial charge in [-0.25, -0.2) is 0 Å². The van der Waals surface area contributed by atoms with Gasteiger partial charge in [-0.3, -0.25) is 14.4 Å². The molecule has 0 bridgehead atoms. The molecule has 0 saturated heterocycles. The summed E-state index contributed by atoms with van der Waals surface area (Å²) in [6.07, 6.45) is -10.5. The summed E-state index contributed by atoms with van der Waals surface area (Å²) in [5.41, 5.74) is -2.40. The number of halogens is 6. The Morgan fingerprint density at radius 2 is 1.11 bits per heavy atom. The zero-order valence-corrected chi connectivity index (χ0v) is 14.2. The molecule has 0 atom stereocenters. The van der Waals surface area contributed by atoms with E-state index >= 15 is 0 Å². The Kier molecular flexibility index (Phi) is 6.14. The van der Waals surface area contributed by atoms with Crippen LogP contribution in [-0.4, -0.2) is 35.6 Å². The molecule has 1 aromatic carbocycles. The van der Waals surface area contributed by atoms with Crippen LogP contribution in [0.25, 0.3) is 0 Å². The summed E-state index contributed by atoms with van der Waals surface area (Å²) in [4.78, 5) is 34.2. The monoisotopic (exact) mass is 399 g/mol. The fraction of sp³-hybridized carbons (Fsp3) is 0.400. The number of anilines is 2. The Balaban J connectivity index is 3.28. The van der Waals surface area contributed by atoms with Crippen LogP contribution in [0.2, 0.25) is 0 Å². The van der Waals surface area contributed by atoms with Crippen LogP contribution in [0.3, 0.4) is 0 Å². The van der Waals surface area contributed by atoms with Gasteiger partial charge >= 0.3 is 24.2 Å². The van der Waals surface area contributed by atoms with Gasteiger partial charge in [0.05, 0.1) is 0 Å². The first-order valence-electron chi connectivity index (χ1n) is 7.23. The van der Waals surface area contributed by atoms with Gasteiger partial charge in [-0.15, -0.1) is 0 Å². The highest BCUT2D eigenvalue weighted by Crippen LogP contribution is 2.25. The van der Waals surface area contributed by atoms with E-state index in [4.69, 9.17) is 0 Å². The number of benzene rings is 1. The van der Waals surface area contributed by atoms with Crippen LogP contribution in [0, 0.1) is 0 Å². The van der Waals surface area contributed by atoms with Gasteiger partial charge in [0, 0.05) is 22.5 Å². The number of alkyl halides is 6. The quantitative estimate of drug-likeness (QED) is 0.682. The Morgan fingerprint density at radius 3 is 1.41 bits per heavy atom. The van der Waals surface area contributed by atoms with Crippen LogP contribution < -0.4 is 16.0 Å². The van der Waals surface area contributed by atoms with E-state index in [1.54, 1.807) is 20.8 Å². The maximum Gasteiger partial charge on any atom is 0.471 e. The van der Waals surface area contributed by atoms with Crippen molar-refractivity contribution in [3.05, 3.63) is 23.8 Å². The molecule has 6 nitrogen and oxygen atoms in total. The second kappa shape index (κ2) is 7.45. The van der Waals surface area contributed by atoms with Gasteiger partial charge in [-0.2, -0.15) is 26.3 Å². The molecular formula is C15H15F6N3O3. The molecule has 0 unspecified atom stereocenters. The van der Waals surface area contributed by atoms with Crippen LogP contribution in [0.1, 0.15) is 31.1 Å². The molecule has 1 aromatic rings. The molecule has 12 heteroatoms. The number of carbonyl (C=O) groups is 3. The SMILES string of the molecule is CC(C)(C)NC(=O)c1cc(NC(=O)C(F)(F)F)cc(NC(=O)C(F)(F)F)c1. The highest BCUT2D eigenvalue weighted by molar-refractivity contribution is 6.02. The van der Waals surface area contributed by atoms with E-state index < -0.39 is 47.0 Å². The molecule has 0 aliphatic rings. The fourth-order valence-corrected chi connectivity index (χ4v) is 1.72. The minimum Gasteiger partial charge on any atom is -0.347 e. The maximum atomic E-state index is 12.4. The number of amides is 3. The molecule has 0 aliphatic heterocycles. The summed E-state index contributed by atoms with van der Waals surface area (Å²) in [5.74, 6) is -5.64. The molecule has 0 saturated carbocycles. The molecule has 0 spiro atoms. The number of hydrogen-bond donors (Lipinski definition) is 3. The summed E-state index contributed by atoms with van der Waals surface area (Å²) < 4.78 is 74.2. The van der Waals surface area contributed by atoms with Crippen molar-refractivity contribution in [3.8, 4) is 0 Å². The Labute approximate surface area is 149 Å². The molecule has 0 fully saturated rings. The molecule has 3 amide bonds. The molecule has 0 aliphatic carbocycles. The summed E-state index contributed by atoms with van der Waals surface area (Å²) in [7, 11) is 0. The lowest BCUT2D eigenvalue weighted by molar-refractivity contribution is -0.167. The Hall–Kier alpha value is -2.79. The van der Waals surface area contributed by atoms with Gasteiger partial charge in [0.2, 0.25) is 0 Å². The molecule has 0 radical (unpaired) electrons. The first-order chi connectivity index (χ1) is 12.0. The van der Waals surface area contributed by atoms with Crippen molar-refractivity contribution in [1.29, 1.82) is 0 Å². The van der Waals surface area contributed by atoms with Crippen LogP contribution in [-0.2, 0) is 9.59 Å². The minimum absolute atomic E-state index is 0.373. The summed E-state index contributed by atoms with van der Waals surface area (Å²) >= 11 is 0. The van der Waals surface area contributed by atoms with Gasteiger partial charge in [-0.1, -0.05) is 0 Å². The molecule has 0 heterocycles. The van der Waals surface area contributed by atoms with Gasteiger partial charge < -0.3 is 16.0 Å². The summed E-state index contributed by atoms with van der Waals surface area (Å²) in [6.45, 7) is 4.77. The van der Waals surface area contributed by atoms with E-state index in [-0.39, 0.29) is 5.56 Å². The Bertz CT molecular complexity index is 704. The molecule has 27 heavy (non-hydrogen) atoms. The zero-order chi connectivity index (χ0) is 21.2. The van der Waals surface area contributed by atoms with Gasteiger partial charge in [-0.05, 0) is 39.0 Å². The lowest BCUT2D eigenvalue weighted by atomic mass is 10.1. The molecular weight excluding hydrogens is 384 g/mol. The van der Waals surface area contributed by atoms with Crippen LogP contribution in [0.5, 0.6) is 0 Å². The summed E-state index contributed by atoms with van der Waals surface area (Å²) in [5, 5.41) is 5.28. The predicted octanol–water partition coefficient (Wildman–Crippen LogP) is 3.22. The first kappa shape index (κ1) is 22.3. The third-order valence-electron chi connectivity index (χ3n) is 2.71. The van der Waals surface area contributed by atoms with Gasteiger partial charge in [0.15, 0.2) is 0 Å². The largest absolute Gasteiger partial charge is 0.471 e. The lowest BCUT2D eigenvalue weighted by Crippen LogP contribution is -2.40. The van der Waals surface area contributed by atoms with E-state index in [1.165, 1.54) is 10.6 Å². The maximum absolute atomic E-state index is 12.4. The second-order valence-corrected chi connectivity index (χ2v) is 6.41. The van der Waals surface area contributed by atoms with Crippen molar-refractivity contribution >= 4 is 29.1 Å². The molecule has 150 valence electrons. The predicted molar refractivity (Wildman–Crippen MR) is 83.0 cm³/mol. The van der Waals surface area contributed by atoms with Gasteiger partial charge in [0.1, 0.15) is 0 Å². The zero-order valence-electron chi connectivity index (χ0n) is 14.2. The highest BCUT2D eigenvalue weighted by atomic mass is 19.4. The Morgan fingerprint density at radius 1 is 0.741 bits per heavy atom. The van der Waals surface area contributed by atoms with E-state index in [1.807, 2.05) is 0 Å². The normalized spacial score (nSPS) is 12.3. The van der Waals surface area contributed by atoms with E-state index in [9.17, 15) is 40.7 Å². The fourth-order valence-electron chi connectivity index (χ4n) is 1.72. The highest BCUT2D eigenvalue weighted by Gasteiger charge is 2.40. The minimum atomic E-state index is -5.26. The van der Waals surface area contributed by atoms with Crippen molar-refractivity contribution < 1.29 is 40.7 Å². The first-order valence-corrected chi connectivity index (χ1v) is 7.23. The van der Waals surface area contributed by atoms with Crippen molar-refractivity contribution in [1.82, 2.24) is 5.32 Å². The topological polar surface area (TPSA) is 87.3 Å². The standard InChI is InChI=1S/C15H15F6N3O3/c1-13(2,3)24-10(25)7-4-8(22-11(26)14(16,17)18)6-9(5-7)23-12(27)15(19,20)21/h4-6H,1-3H3,(H,22,26)(H,23,27)(H,24,25). The van der Waals surface area contributed by atoms with Crippen molar-refractivity contribution in [2.45, 2.75) is 38.7 Å². The number of hydrogen-bond acceptors (Lipinski definition) is 3.